The normalized spacial score (nSPS) is 11.7. The second-order valence-corrected chi connectivity index (χ2v) is 10.2. The average Bonchev–Trinajstić information content (AvgIpc) is 2.68. The van der Waals surface area contributed by atoms with Gasteiger partial charge < -0.3 is 5.32 Å². The fraction of sp³-hybridized carbons (Fsp3) is 0.0952. The molecule has 4 N–H and O–H groups in total. The highest BCUT2D eigenvalue weighted by Crippen LogP contribution is 2.33. The molecule has 3 rings (SSSR count). The van der Waals surface area contributed by atoms with Gasteiger partial charge in [0.2, 0.25) is 10.0 Å². The Kier molecular flexibility index (Phi) is 6.16. The van der Waals surface area contributed by atoms with E-state index in [9.17, 15) is 21.6 Å². The number of amides is 2. The van der Waals surface area contributed by atoms with Gasteiger partial charge in [0, 0.05) is 5.56 Å². The lowest BCUT2D eigenvalue weighted by atomic mass is 10.0. The van der Waals surface area contributed by atoms with Crippen LogP contribution < -0.4 is 15.2 Å². The van der Waals surface area contributed by atoms with Crippen LogP contribution in [0.4, 0.5) is 10.5 Å². The summed E-state index contributed by atoms with van der Waals surface area (Å²) >= 11 is 0. The van der Waals surface area contributed by atoms with Gasteiger partial charge in [0.15, 0.2) is 0 Å². The summed E-state index contributed by atoms with van der Waals surface area (Å²) in [7, 11) is -8.38. The molecule has 2 amide bonds. The van der Waals surface area contributed by atoms with Crippen LogP contribution in [0.3, 0.4) is 0 Å². The first-order chi connectivity index (χ1) is 14.5. The predicted octanol–water partition coefficient (Wildman–Crippen LogP) is 3.13. The number of nitrogens with one attached hydrogen (secondary N) is 2. The van der Waals surface area contributed by atoms with Gasteiger partial charge in [-0.1, -0.05) is 59.7 Å². The van der Waals surface area contributed by atoms with Gasteiger partial charge in [0.1, 0.15) is 4.90 Å². The van der Waals surface area contributed by atoms with Crippen LogP contribution in [0.25, 0.3) is 11.1 Å². The molecule has 31 heavy (non-hydrogen) atoms. The van der Waals surface area contributed by atoms with E-state index in [4.69, 9.17) is 5.14 Å². The molecule has 0 unspecified atom stereocenters. The Hall–Kier alpha value is -3.21. The molecule has 0 saturated carbocycles. The van der Waals surface area contributed by atoms with Crippen molar-refractivity contribution in [1.82, 2.24) is 4.72 Å². The van der Waals surface area contributed by atoms with Crippen LogP contribution in [0.2, 0.25) is 0 Å². The first-order valence-corrected chi connectivity index (χ1v) is 12.1. The number of primary sulfonamides is 1. The van der Waals surface area contributed by atoms with E-state index >= 15 is 0 Å². The van der Waals surface area contributed by atoms with Gasteiger partial charge >= 0.3 is 6.03 Å². The Morgan fingerprint density at radius 1 is 0.806 bits per heavy atom. The van der Waals surface area contributed by atoms with E-state index in [1.807, 2.05) is 23.8 Å². The maximum absolute atomic E-state index is 12.5. The smallest absolute Gasteiger partial charge is 0.305 e. The van der Waals surface area contributed by atoms with E-state index in [2.05, 4.69) is 5.32 Å². The molecule has 0 radical (unpaired) electrons. The number of nitrogens with two attached hydrogens (primary N) is 1. The van der Waals surface area contributed by atoms with Crippen molar-refractivity contribution in [2.75, 3.05) is 5.32 Å². The number of hydrogen-bond acceptors (Lipinski definition) is 5. The van der Waals surface area contributed by atoms with E-state index in [-0.39, 0.29) is 15.5 Å². The fourth-order valence-electron chi connectivity index (χ4n) is 2.91. The number of urea groups is 1. The Morgan fingerprint density at radius 2 is 1.35 bits per heavy atom. The molecule has 0 saturated heterocycles. The van der Waals surface area contributed by atoms with E-state index in [0.717, 1.165) is 11.1 Å². The lowest BCUT2D eigenvalue weighted by molar-refractivity contribution is 0.256. The summed E-state index contributed by atoms with van der Waals surface area (Å²) in [6.07, 6.45) is 0. The largest absolute Gasteiger partial charge is 0.333 e. The highest BCUT2D eigenvalue weighted by Gasteiger charge is 2.23. The zero-order valence-corrected chi connectivity index (χ0v) is 18.4. The van der Waals surface area contributed by atoms with Crippen LogP contribution in [0.1, 0.15) is 11.1 Å². The van der Waals surface area contributed by atoms with E-state index in [1.165, 1.54) is 24.3 Å². The molecule has 0 aliphatic rings. The summed E-state index contributed by atoms with van der Waals surface area (Å²) in [5, 5.41) is 7.67. The van der Waals surface area contributed by atoms with Gasteiger partial charge in [-0.3, -0.25) is 0 Å². The monoisotopic (exact) mass is 459 g/mol. The third-order valence-electron chi connectivity index (χ3n) is 4.49. The van der Waals surface area contributed by atoms with Crippen molar-refractivity contribution >= 4 is 31.8 Å². The number of benzene rings is 3. The molecule has 8 nitrogen and oxygen atoms in total. The molecule has 0 aliphatic carbocycles. The standard InChI is InChI=1S/C21H21N3O5S2/c1-14-6-10-16(11-7-14)18-4-3-5-19(30(22,26)27)20(18)23-21(25)24-31(28,29)17-12-8-15(2)9-13-17/h3-13H,1-2H3,(H2,22,26,27)(H2,23,24,25). The lowest BCUT2D eigenvalue weighted by Crippen LogP contribution is -2.35. The Morgan fingerprint density at radius 3 is 1.90 bits per heavy atom. The highest BCUT2D eigenvalue weighted by molar-refractivity contribution is 7.90. The van der Waals surface area contributed by atoms with Gasteiger partial charge in [-0.25, -0.2) is 31.5 Å². The van der Waals surface area contributed by atoms with Crippen molar-refractivity contribution in [3.05, 3.63) is 77.9 Å². The van der Waals surface area contributed by atoms with Crippen molar-refractivity contribution in [2.45, 2.75) is 23.6 Å². The summed E-state index contributed by atoms with van der Waals surface area (Å²) in [6, 6.07) is 16.3. The third-order valence-corrected chi connectivity index (χ3v) is 6.79. The zero-order chi connectivity index (χ0) is 22.8. The number of carbonyl (C=O) groups is 1. The molecule has 0 fully saturated rings. The summed E-state index contributed by atoms with van der Waals surface area (Å²) in [5.41, 5.74) is 2.71. The van der Waals surface area contributed by atoms with Crippen molar-refractivity contribution in [3.63, 3.8) is 0 Å². The van der Waals surface area contributed by atoms with E-state index in [1.54, 1.807) is 37.3 Å². The number of carbonyl (C=O) groups excluding carboxylic acids is 1. The summed E-state index contributed by atoms with van der Waals surface area (Å²) in [4.78, 5) is 12.1. The number of aryl methyl sites for hydroxylation is 2. The molecular weight excluding hydrogens is 438 g/mol. The first kappa shape index (κ1) is 22.5. The molecular formula is C21H21N3O5S2. The zero-order valence-electron chi connectivity index (χ0n) is 16.8. The van der Waals surface area contributed by atoms with Crippen molar-refractivity contribution < 1.29 is 21.6 Å². The Labute approximate surface area is 181 Å². The summed E-state index contributed by atoms with van der Waals surface area (Å²) < 4.78 is 51.1. The van der Waals surface area contributed by atoms with Crippen LogP contribution >= 0.6 is 0 Å². The van der Waals surface area contributed by atoms with Gasteiger partial charge in [-0.2, -0.15) is 0 Å². The van der Waals surface area contributed by atoms with E-state index < -0.39 is 26.1 Å². The first-order valence-electron chi connectivity index (χ1n) is 9.11. The van der Waals surface area contributed by atoms with Gasteiger partial charge in [0.05, 0.1) is 10.6 Å². The number of hydrogen-bond donors (Lipinski definition) is 3. The maximum atomic E-state index is 12.5. The quantitative estimate of drug-likeness (QED) is 0.539. The molecule has 162 valence electrons. The van der Waals surface area contributed by atoms with Gasteiger partial charge in [0.25, 0.3) is 10.0 Å². The SMILES string of the molecule is Cc1ccc(-c2cccc(S(N)(=O)=O)c2NC(=O)NS(=O)(=O)c2ccc(C)cc2)cc1. The molecule has 0 bridgehead atoms. The molecule has 0 aromatic heterocycles. The van der Waals surface area contributed by atoms with Crippen LogP contribution in [-0.4, -0.2) is 22.9 Å². The Balaban J connectivity index is 2.00. The molecule has 10 heteroatoms. The number of anilines is 1. The van der Waals surface area contributed by atoms with Crippen LogP contribution in [0.5, 0.6) is 0 Å². The fourth-order valence-corrected chi connectivity index (χ4v) is 4.53. The molecule has 0 aliphatic heterocycles. The van der Waals surface area contributed by atoms with Crippen LogP contribution in [0.15, 0.2) is 76.5 Å². The summed E-state index contributed by atoms with van der Waals surface area (Å²) in [5.74, 6) is 0. The minimum atomic E-state index is -4.21. The average molecular weight is 460 g/mol. The molecule has 0 spiro atoms. The number of rotatable bonds is 5. The minimum absolute atomic E-state index is 0.105. The Bertz CT molecular complexity index is 1330. The number of sulfonamides is 2. The number of para-hydroxylation sites is 1. The maximum Gasteiger partial charge on any atom is 0.333 e. The van der Waals surface area contributed by atoms with Crippen molar-refractivity contribution in [2.24, 2.45) is 5.14 Å². The van der Waals surface area contributed by atoms with Crippen LogP contribution in [0, 0.1) is 13.8 Å². The second kappa shape index (κ2) is 8.50. The molecule has 3 aromatic rings. The molecule has 0 atom stereocenters. The predicted molar refractivity (Wildman–Crippen MR) is 119 cm³/mol. The van der Waals surface area contributed by atoms with Crippen molar-refractivity contribution in [3.8, 4) is 11.1 Å². The topological polar surface area (TPSA) is 135 Å². The summed E-state index contributed by atoms with van der Waals surface area (Å²) in [6.45, 7) is 3.69. The molecule has 0 heterocycles. The van der Waals surface area contributed by atoms with Gasteiger partial charge in [-0.05, 0) is 37.6 Å². The third kappa shape index (κ3) is 5.29. The van der Waals surface area contributed by atoms with E-state index in [0.29, 0.717) is 11.1 Å². The molecule has 3 aromatic carbocycles. The highest BCUT2D eigenvalue weighted by atomic mass is 32.2. The minimum Gasteiger partial charge on any atom is -0.305 e. The second-order valence-electron chi connectivity index (χ2n) is 6.96. The van der Waals surface area contributed by atoms with Crippen LogP contribution in [-0.2, 0) is 20.0 Å². The van der Waals surface area contributed by atoms with Gasteiger partial charge in [-0.15, -0.1) is 0 Å². The lowest BCUT2D eigenvalue weighted by Gasteiger charge is -2.16. The van der Waals surface area contributed by atoms with Crippen molar-refractivity contribution in [1.29, 1.82) is 0 Å².